The summed E-state index contributed by atoms with van der Waals surface area (Å²) in [4.78, 5) is 23.9. The Morgan fingerprint density at radius 1 is 1.09 bits per heavy atom. The fourth-order valence-electron chi connectivity index (χ4n) is 8.29. The van der Waals surface area contributed by atoms with Gasteiger partial charge in [0.05, 0.1) is 13.2 Å². The number of rotatable bonds is 3. The van der Waals surface area contributed by atoms with Gasteiger partial charge in [0.15, 0.2) is 5.79 Å². The second-order valence-electron chi connectivity index (χ2n) is 11.4. The molecule has 0 aromatic carbocycles. The lowest BCUT2D eigenvalue weighted by Crippen LogP contribution is -2.53. The summed E-state index contributed by atoms with van der Waals surface area (Å²) < 4.78 is 23.8. The standard InChI is InChI=1S/C27H38O6/c1-16(32-17(2)28)21-8-9-22-20-7-6-19-14-27(30-12-13-31-27)11-10-25(19,4)24(20)23(33-18(3)29)15-26(21,22)5/h6,15-16,20-22,24H,7-14H2,1-5H3/t16?,20-,21+,22-,24+,25-,26+/m0/s1. The van der Waals surface area contributed by atoms with E-state index in [1.165, 1.54) is 19.4 Å². The van der Waals surface area contributed by atoms with E-state index in [2.05, 4.69) is 26.0 Å². The third-order valence-corrected chi connectivity index (χ3v) is 9.63. The van der Waals surface area contributed by atoms with Gasteiger partial charge >= 0.3 is 11.9 Å². The Bertz CT molecular complexity index is 898. The van der Waals surface area contributed by atoms with Crippen LogP contribution in [-0.4, -0.2) is 37.0 Å². The zero-order valence-corrected chi connectivity index (χ0v) is 20.6. The van der Waals surface area contributed by atoms with Gasteiger partial charge in [-0.3, -0.25) is 9.59 Å². The Morgan fingerprint density at radius 3 is 2.48 bits per heavy atom. The van der Waals surface area contributed by atoms with Crippen molar-refractivity contribution in [2.24, 2.45) is 34.5 Å². The summed E-state index contributed by atoms with van der Waals surface area (Å²) in [6, 6.07) is 0. The molecule has 1 heterocycles. The molecule has 1 saturated heterocycles. The van der Waals surface area contributed by atoms with E-state index in [-0.39, 0.29) is 40.7 Å². The molecule has 4 aliphatic carbocycles. The first kappa shape index (κ1) is 23.1. The molecular formula is C27H38O6. The molecule has 0 N–H and O–H groups in total. The molecule has 0 amide bonds. The van der Waals surface area contributed by atoms with Crippen LogP contribution in [0.15, 0.2) is 23.5 Å². The highest BCUT2D eigenvalue weighted by atomic mass is 16.7. The van der Waals surface area contributed by atoms with Crippen LogP contribution in [0, 0.1) is 34.5 Å². The summed E-state index contributed by atoms with van der Waals surface area (Å²) in [6.07, 6.45) is 10.2. The lowest BCUT2D eigenvalue weighted by Gasteiger charge is -2.57. The third kappa shape index (κ3) is 3.59. The molecule has 6 heteroatoms. The van der Waals surface area contributed by atoms with Gasteiger partial charge in [-0.15, -0.1) is 0 Å². The zero-order chi connectivity index (χ0) is 23.6. The molecule has 1 spiro atoms. The first-order valence-electron chi connectivity index (χ1n) is 12.6. The van der Waals surface area contributed by atoms with Gasteiger partial charge in [-0.25, -0.2) is 0 Å². The largest absolute Gasteiger partial charge is 0.463 e. The summed E-state index contributed by atoms with van der Waals surface area (Å²) in [6.45, 7) is 10.9. The molecule has 182 valence electrons. The highest BCUT2D eigenvalue weighted by Gasteiger charge is 2.62. The maximum Gasteiger partial charge on any atom is 0.307 e. The quantitative estimate of drug-likeness (QED) is 0.441. The second kappa shape index (κ2) is 7.94. The Labute approximate surface area is 197 Å². The third-order valence-electron chi connectivity index (χ3n) is 9.63. The van der Waals surface area contributed by atoms with E-state index in [1.807, 2.05) is 6.92 Å². The molecule has 1 unspecified atom stereocenters. The molecule has 5 aliphatic rings. The molecule has 6 nitrogen and oxygen atoms in total. The van der Waals surface area contributed by atoms with Crippen LogP contribution in [0.5, 0.6) is 0 Å². The van der Waals surface area contributed by atoms with Crippen molar-refractivity contribution in [3.8, 4) is 0 Å². The molecule has 0 bridgehead atoms. The van der Waals surface area contributed by atoms with Crippen LogP contribution in [0.1, 0.15) is 73.1 Å². The lowest BCUT2D eigenvalue weighted by atomic mass is 9.48. The van der Waals surface area contributed by atoms with Crippen LogP contribution in [-0.2, 0) is 28.5 Å². The van der Waals surface area contributed by atoms with Crippen molar-refractivity contribution in [3.63, 3.8) is 0 Å². The summed E-state index contributed by atoms with van der Waals surface area (Å²) in [5, 5.41) is 0. The van der Waals surface area contributed by atoms with Crippen molar-refractivity contribution >= 4 is 11.9 Å². The van der Waals surface area contributed by atoms with Crippen LogP contribution in [0.3, 0.4) is 0 Å². The highest BCUT2D eigenvalue weighted by Crippen LogP contribution is 2.67. The van der Waals surface area contributed by atoms with E-state index in [9.17, 15) is 9.59 Å². The number of hydrogen-bond donors (Lipinski definition) is 0. The minimum absolute atomic E-state index is 0.0777. The maximum absolute atomic E-state index is 12.2. The summed E-state index contributed by atoms with van der Waals surface area (Å²) in [7, 11) is 0. The number of allylic oxidation sites excluding steroid dienone is 3. The number of esters is 2. The van der Waals surface area contributed by atoms with Gasteiger partial charge in [-0.1, -0.05) is 25.5 Å². The molecule has 0 aromatic heterocycles. The van der Waals surface area contributed by atoms with E-state index in [4.69, 9.17) is 18.9 Å². The van der Waals surface area contributed by atoms with Gasteiger partial charge < -0.3 is 18.9 Å². The topological polar surface area (TPSA) is 71.1 Å². The van der Waals surface area contributed by atoms with E-state index in [1.54, 1.807) is 0 Å². The van der Waals surface area contributed by atoms with Crippen LogP contribution < -0.4 is 0 Å². The Kier molecular flexibility index (Phi) is 5.56. The smallest absolute Gasteiger partial charge is 0.307 e. The van der Waals surface area contributed by atoms with Crippen molar-refractivity contribution in [2.45, 2.75) is 85.0 Å². The number of carbonyl (C=O) groups is 2. The van der Waals surface area contributed by atoms with Gasteiger partial charge in [-0.2, -0.15) is 0 Å². The van der Waals surface area contributed by atoms with Gasteiger partial charge in [0, 0.05) is 38.5 Å². The van der Waals surface area contributed by atoms with Crippen molar-refractivity contribution < 1.29 is 28.5 Å². The molecule has 3 fully saturated rings. The van der Waals surface area contributed by atoms with Gasteiger partial charge in [0.25, 0.3) is 0 Å². The van der Waals surface area contributed by atoms with E-state index >= 15 is 0 Å². The van der Waals surface area contributed by atoms with Gasteiger partial charge in [0.2, 0.25) is 0 Å². The van der Waals surface area contributed by atoms with Gasteiger partial charge in [0.1, 0.15) is 11.9 Å². The molecular weight excluding hydrogens is 420 g/mol. The monoisotopic (exact) mass is 458 g/mol. The summed E-state index contributed by atoms with van der Waals surface area (Å²) >= 11 is 0. The minimum Gasteiger partial charge on any atom is -0.463 e. The molecule has 0 aromatic rings. The van der Waals surface area contributed by atoms with Crippen molar-refractivity contribution in [1.82, 2.24) is 0 Å². The van der Waals surface area contributed by atoms with Crippen molar-refractivity contribution in [2.75, 3.05) is 13.2 Å². The molecule has 7 atom stereocenters. The summed E-state index contributed by atoms with van der Waals surface area (Å²) in [5.74, 6) is 1.10. The average molecular weight is 459 g/mol. The first-order valence-corrected chi connectivity index (χ1v) is 12.6. The molecule has 33 heavy (non-hydrogen) atoms. The van der Waals surface area contributed by atoms with E-state index < -0.39 is 5.79 Å². The fraction of sp³-hybridized carbons (Fsp3) is 0.778. The molecule has 5 rings (SSSR count). The predicted octanol–water partition coefficient (Wildman–Crippen LogP) is 4.93. The van der Waals surface area contributed by atoms with E-state index in [0.29, 0.717) is 25.0 Å². The number of ether oxygens (including phenoxy) is 4. The molecule has 2 saturated carbocycles. The Morgan fingerprint density at radius 2 is 1.82 bits per heavy atom. The Hall–Kier alpha value is -1.66. The van der Waals surface area contributed by atoms with E-state index in [0.717, 1.165) is 44.3 Å². The van der Waals surface area contributed by atoms with Gasteiger partial charge in [-0.05, 0) is 61.3 Å². The van der Waals surface area contributed by atoms with Crippen LogP contribution >= 0.6 is 0 Å². The highest BCUT2D eigenvalue weighted by molar-refractivity contribution is 5.67. The predicted molar refractivity (Wildman–Crippen MR) is 122 cm³/mol. The lowest BCUT2D eigenvalue weighted by molar-refractivity contribution is -0.184. The van der Waals surface area contributed by atoms with Crippen molar-refractivity contribution in [3.05, 3.63) is 23.5 Å². The van der Waals surface area contributed by atoms with Crippen LogP contribution in [0.2, 0.25) is 0 Å². The van der Waals surface area contributed by atoms with Crippen LogP contribution in [0.25, 0.3) is 0 Å². The number of hydrogen-bond acceptors (Lipinski definition) is 6. The minimum atomic E-state index is -0.468. The number of fused-ring (bicyclic) bond motifs is 5. The average Bonchev–Trinajstić information content (AvgIpc) is 3.31. The zero-order valence-electron chi connectivity index (χ0n) is 20.6. The SMILES string of the molecule is CC(=O)OC1=C[C@]2(C)[C@@H](C(C)OC(C)=O)CC[C@H]2[C@@H]2CC=C3CC4(CC[C@]3(C)[C@@H]12)OCCO4. The Balaban J connectivity index is 1.53. The normalized spacial score (nSPS) is 41.8. The maximum atomic E-state index is 12.2. The molecule has 0 radical (unpaired) electrons. The second-order valence-corrected chi connectivity index (χ2v) is 11.4. The van der Waals surface area contributed by atoms with Crippen molar-refractivity contribution in [1.29, 1.82) is 0 Å². The number of carbonyl (C=O) groups excluding carboxylic acids is 2. The van der Waals surface area contributed by atoms with Crippen LogP contribution in [0.4, 0.5) is 0 Å². The summed E-state index contributed by atoms with van der Waals surface area (Å²) in [5.41, 5.74) is 1.14. The fourth-order valence-corrected chi connectivity index (χ4v) is 8.29. The first-order chi connectivity index (χ1) is 15.6. The molecule has 1 aliphatic heterocycles.